The largest absolute Gasteiger partial charge is 0.461 e. The lowest BCUT2D eigenvalue weighted by Crippen LogP contribution is -2.30. The lowest BCUT2D eigenvalue weighted by atomic mass is 10.2. The Morgan fingerprint density at radius 3 is 2.78 bits per heavy atom. The molecule has 0 aromatic heterocycles. The Morgan fingerprint density at radius 1 is 1.44 bits per heavy atom. The first-order valence-corrected chi connectivity index (χ1v) is 5.99. The first-order valence-electron chi connectivity index (χ1n) is 5.58. The number of nitrogens with zero attached hydrogens (tertiary/aromatic N) is 1. The third-order valence-electron chi connectivity index (χ3n) is 2.58. The average Bonchev–Trinajstić information content (AvgIpc) is 2.78. The van der Waals surface area contributed by atoms with Gasteiger partial charge < -0.3 is 4.74 Å². The van der Waals surface area contributed by atoms with Crippen molar-refractivity contribution in [2.45, 2.75) is 6.10 Å². The van der Waals surface area contributed by atoms with Gasteiger partial charge in [0.05, 0.1) is 6.54 Å². The van der Waals surface area contributed by atoms with Crippen LogP contribution in [0.3, 0.4) is 0 Å². The molecule has 0 spiro atoms. The van der Waals surface area contributed by atoms with Gasteiger partial charge in [-0.3, -0.25) is 9.69 Å². The van der Waals surface area contributed by atoms with Crippen LogP contribution in [-0.4, -0.2) is 28.6 Å². The molecular weight excluding hydrogens is 246 g/mol. The molecule has 1 aliphatic rings. The quantitative estimate of drug-likeness (QED) is 0.474. The summed E-state index contributed by atoms with van der Waals surface area (Å²) in [7, 11) is 0. The zero-order valence-corrected chi connectivity index (χ0v) is 10.6. The first kappa shape index (κ1) is 12.5. The van der Waals surface area contributed by atoms with Crippen LogP contribution in [0.15, 0.2) is 49.1 Å². The third-order valence-corrected chi connectivity index (χ3v) is 2.90. The fourth-order valence-corrected chi connectivity index (χ4v) is 1.90. The van der Waals surface area contributed by atoms with Crippen molar-refractivity contribution in [3.63, 3.8) is 0 Å². The van der Waals surface area contributed by atoms with E-state index in [2.05, 4.69) is 6.58 Å². The molecule has 92 valence electrons. The molecule has 2 rings (SSSR count). The topological polar surface area (TPSA) is 29.5 Å². The molecule has 0 N–H and O–H groups in total. The van der Waals surface area contributed by atoms with E-state index in [4.69, 9.17) is 17.0 Å². The highest BCUT2D eigenvalue weighted by Crippen LogP contribution is 2.13. The van der Waals surface area contributed by atoms with Gasteiger partial charge in [-0.15, -0.1) is 0 Å². The monoisotopic (exact) mass is 259 g/mol. The summed E-state index contributed by atoms with van der Waals surface area (Å²) in [4.78, 5) is 13.4. The summed E-state index contributed by atoms with van der Waals surface area (Å²) in [6.45, 7) is 4.05. The van der Waals surface area contributed by atoms with Crippen molar-refractivity contribution in [2.24, 2.45) is 0 Å². The molecular formula is C14H13NO2S. The lowest BCUT2D eigenvalue weighted by molar-refractivity contribution is -0.121. The van der Waals surface area contributed by atoms with Crippen LogP contribution < -0.4 is 0 Å². The Kier molecular flexibility index (Phi) is 3.89. The molecule has 1 aromatic carbocycles. The molecule has 1 aromatic rings. The van der Waals surface area contributed by atoms with Gasteiger partial charge in [0.15, 0.2) is 0 Å². The number of ether oxygens (including phenoxy) is 1. The predicted octanol–water partition coefficient (Wildman–Crippen LogP) is 2.40. The van der Waals surface area contributed by atoms with Crippen LogP contribution in [0.4, 0.5) is 0 Å². The molecule has 0 aliphatic carbocycles. The van der Waals surface area contributed by atoms with E-state index in [1.54, 1.807) is 12.2 Å². The van der Waals surface area contributed by atoms with E-state index in [-0.39, 0.29) is 17.2 Å². The second-order valence-corrected chi connectivity index (χ2v) is 4.20. The number of benzene rings is 1. The molecule has 0 bridgehead atoms. The second-order valence-electron chi connectivity index (χ2n) is 3.85. The summed E-state index contributed by atoms with van der Waals surface area (Å²) in [5, 5.41) is 0.211. The molecule has 1 heterocycles. The van der Waals surface area contributed by atoms with E-state index in [0.717, 1.165) is 5.56 Å². The third kappa shape index (κ3) is 2.84. The molecule has 3 nitrogen and oxygen atoms in total. The minimum absolute atomic E-state index is 0.173. The van der Waals surface area contributed by atoms with E-state index in [1.165, 1.54) is 11.0 Å². The molecule has 1 atom stereocenters. The van der Waals surface area contributed by atoms with Gasteiger partial charge in [-0.05, 0) is 29.9 Å². The van der Waals surface area contributed by atoms with Crippen molar-refractivity contribution in [1.29, 1.82) is 0 Å². The summed E-state index contributed by atoms with van der Waals surface area (Å²) in [5.74, 6) is -0.173. The second kappa shape index (κ2) is 5.60. The maximum Gasteiger partial charge on any atom is 0.267 e. The Balaban J connectivity index is 2.03. The summed E-state index contributed by atoms with van der Waals surface area (Å²) < 4.78 is 5.28. The minimum atomic E-state index is -0.202. The number of amides is 1. The minimum Gasteiger partial charge on any atom is -0.461 e. The van der Waals surface area contributed by atoms with Crippen LogP contribution in [0.2, 0.25) is 0 Å². The molecule has 1 fully saturated rings. The summed E-state index contributed by atoms with van der Waals surface area (Å²) in [6, 6.07) is 9.62. The number of hydrogen-bond donors (Lipinski definition) is 0. The highest BCUT2D eigenvalue weighted by molar-refractivity contribution is 7.80. The van der Waals surface area contributed by atoms with Gasteiger partial charge in [-0.1, -0.05) is 36.9 Å². The van der Waals surface area contributed by atoms with Crippen molar-refractivity contribution >= 4 is 29.4 Å². The van der Waals surface area contributed by atoms with Crippen LogP contribution in [-0.2, 0) is 9.53 Å². The van der Waals surface area contributed by atoms with E-state index >= 15 is 0 Å². The van der Waals surface area contributed by atoms with E-state index in [1.807, 2.05) is 30.3 Å². The van der Waals surface area contributed by atoms with Crippen molar-refractivity contribution in [1.82, 2.24) is 4.90 Å². The van der Waals surface area contributed by atoms with Crippen LogP contribution in [0.1, 0.15) is 5.56 Å². The van der Waals surface area contributed by atoms with Crippen LogP contribution in [0, 0.1) is 0 Å². The van der Waals surface area contributed by atoms with Crippen LogP contribution in [0.5, 0.6) is 0 Å². The molecule has 1 aliphatic heterocycles. The zero-order valence-electron chi connectivity index (χ0n) is 9.78. The fraction of sp³-hybridized carbons (Fsp3) is 0.143. The maximum absolute atomic E-state index is 11.9. The van der Waals surface area contributed by atoms with Gasteiger partial charge in [0.1, 0.15) is 6.10 Å². The standard InChI is InChI=1S/C14H13NO2S/c1-2-12-10-15(14(18)17-12)13(16)9-8-11-6-4-3-5-7-11/h2-9,12H,1,10H2/b9-8+/t12-/m1/s1. The Morgan fingerprint density at radius 2 is 2.17 bits per heavy atom. The van der Waals surface area contributed by atoms with Gasteiger partial charge in [0.25, 0.3) is 11.1 Å². The van der Waals surface area contributed by atoms with Crippen LogP contribution >= 0.6 is 12.2 Å². The Labute approximate surface area is 111 Å². The first-order chi connectivity index (χ1) is 8.70. The fourth-order valence-electron chi connectivity index (χ4n) is 1.61. The van der Waals surface area contributed by atoms with E-state index in [0.29, 0.717) is 6.54 Å². The lowest BCUT2D eigenvalue weighted by Gasteiger charge is -2.09. The van der Waals surface area contributed by atoms with Crippen LogP contribution in [0.25, 0.3) is 6.08 Å². The van der Waals surface area contributed by atoms with E-state index in [9.17, 15) is 4.79 Å². The smallest absolute Gasteiger partial charge is 0.267 e. The SMILES string of the molecule is C=C[C@@H]1CN(C(=O)/C=C/c2ccccc2)C(=S)O1. The summed E-state index contributed by atoms with van der Waals surface area (Å²) >= 11 is 4.99. The van der Waals surface area contributed by atoms with Crippen molar-refractivity contribution in [2.75, 3.05) is 6.54 Å². The number of carbonyl (C=O) groups is 1. The highest BCUT2D eigenvalue weighted by atomic mass is 32.1. The average molecular weight is 259 g/mol. The molecule has 4 heteroatoms. The Hall–Kier alpha value is -1.94. The number of rotatable bonds is 3. The molecule has 0 saturated carbocycles. The normalized spacial score (nSPS) is 19.0. The van der Waals surface area contributed by atoms with Gasteiger partial charge in [-0.2, -0.15) is 0 Å². The van der Waals surface area contributed by atoms with Crippen molar-refractivity contribution in [3.8, 4) is 0 Å². The molecule has 0 radical (unpaired) electrons. The zero-order chi connectivity index (χ0) is 13.0. The highest BCUT2D eigenvalue weighted by Gasteiger charge is 2.29. The van der Waals surface area contributed by atoms with Gasteiger partial charge in [0, 0.05) is 6.08 Å². The number of hydrogen-bond acceptors (Lipinski definition) is 3. The molecule has 1 amide bonds. The number of thiocarbonyl (C=S) groups is 1. The van der Waals surface area contributed by atoms with Crippen molar-refractivity contribution in [3.05, 3.63) is 54.6 Å². The van der Waals surface area contributed by atoms with Gasteiger partial charge in [-0.25, -0.2) is 0 Å². The summed E-state index contributed by atoms with van der Waals surface area (Å²) in [5.41, 5.74) is 0.970. The molecule has 0 unspecified atom stereocenters. The van der Waals surface area contributed by atoms with Crippen molar-refractivity contribution < 1.29 is 9.53 Å². The van der Waals surface area contributed by atoms with Gasteiger partial charge in [0.2, 0.25) is 0 Å². The maximum atomic E-state index is 11.9. The number of carbonyl (C=O) groups excluding carboxylic acids is 1. The van der Waals surface area contributed by atoms with E-state index < -0.39 is 0 Å². The molecule has 18 heavy (non-hydrogen) atoms. The Bertz CT molecular complexity index is 496. The van der Waals surface area contributed by atoms with Gasteiger partial charge >= 0.3 is 0 Å². The predicted molar refractivity (Wildman–Crippen MR) is 74.9 cm³/mol. The molecule has 1 saturated heterocycles. The summed E-state index contributed by atoms with van der Waals surface area (Å²) in [6.07, 6.45) is 4.69.